The van der Waals surface area contributed by atoms with E-state index in [9.17, 15) is 0 Å². The van der Waals surface area contributed by atoms with Crippen molar-refractivity contribution in [2.75, 3.05) is 38.4 Å². The van der Waals surface area contributed by atoms with E-state index in [4.69, 9.17) is 19.3 Å². The van der Waals surface area contributed by atoms with Crippen LogP contribution in [-0.2, 0) is 6.54 Å². The normalized spacial score (nSPS) is 19.1. The largest absolute Gasteiger partial charge is 0.491 e. The van der Waals surface area contributed by atoms with E-state index in [1.165, 1.54) is 0 Å². The molecule has 0 amide bonds. The van der Waals surface area contributed by atoms with E-state index in [1.54, 1.807) is 0 Å². The van der Waals surface area contributed by atoms with Crippen molar-refractivity contribution in [1.29, 1.82) is 0 Å². The van der Waals surface area contributed by atoms with Gasteiger partial charge < -0.3 is 24.6 Å². The summed E-state index contributed by atoms with van der Waals surface area (Å²) in [4.78, 5) is 2.45. The second kappa shape index (κ2) is 8.50. The van der Waals surface area contributed by atoms with E-state index in [2.05, 4.69) is 16.3 Å². The molecule has 1 fully saturated rings. The summed E-state index contributed by atoms with van der Waals surface area (Å²) in [7, 11) is 0. The van der Waals surface area contributed by atoms with Crippen LogP contribution in [0.25, 0.3) is 0 Å². The molecule has 2 N–H and O–H groups in total. The molecule has 4 rings (SSSR count). The van der Waals surface area contributed by atoms with Crippen LogP contribution in [0.4, 0.5) is 5.69 Å². The maximum absolute atomic E-state index is 9.01. The number of fused-ring (bicyclic) bond motifs is 1. The highest BCUT2D eigenvalue weighted by Gasteiger charge is 2.22. The molecule has 6 heteroatoms. The first kappa shape index (κ1) is 17.9. The first-order chi connectivity index (χ1) is 13.3. The van der Waals surface area contributed by atoms with Gasteiger partial charge in [-0.25, -0.2) is 0 Å². The van der Waals surface area contributed by atoms with Crippen molar-refractivity contribution in [3.05, 3.63) is 48.0 Å². The van der Waals surface area contributed by atoms with E-state index in [0.717, 1.165) is 61.0 Å². The Labute approximate surface area is 159 Å². The third-order valence-corrected chi connectivity index (χ3v) is 4.96. The maximum Gasteiger partial charge on any atom is 0.231 e. The second-order valence-corrected chi connectivity index (χ2v) is 6.97. The molecule has 0 saturated carbocycles. The maximum atomic E-state index is 9.01. The third kappa shape index (κ3) is 4.46. The third-order valence-electron chi connectivity index (χ3n) is 4.96. The minimum Gasteiger partial charge on any atom is -0.491 e. The number of rotatable bonds is 7. The average molecular weight is 370 g/mol. The molecule has 1 atom stereocenters. The molecule has 0 aliphatic carbocycles. The summed E-state index contributed by atoms with van der Waals surface area (Å²) in [6, 6.07) is 14.5. The Morgan fingerprint density at radius 3 is 2.96 bits per heavy atom. The van der Waals surface area contributed by atoms with Crippen LogP contribution < -0.4 is 19.5 Å². The number of para-hydroxylation sites is 1. The standard InChI is InChI=1S/C21H26N2O4/c24-10-11-25-19-6-2-1-4-16(19)13-23-9-3-5-18(14-23)22-17-7-8-20-21(12-17)27-15-26-20/h1-2,4,6-8,12,18,22,24H,3,5,9-11,13-15H2. The molecule has 0 bridgehead atoms. The zero-order valence-corrected chi connectivity index (χ0v) is 15.4. The summed E-state index contributed by atoms with van der Waals surface area (Å²) in [6.07, 6.45) is 2.30. The van der Waals surface area contributed by atoms with Crippen molar-refractivity contribution in [2.24, 2.45) is 0 Å². The van der Waals surface area contributed by atoms with Crippen molar-refractivity contribution < 1.29 is 19.3 Å². The summed E-state index contributed by atoms with van der Waals surface area (Å²) in [5, 5.41) is 12.6. The molecule has 2 heterocycles. The van der Waals surface area contributed by atoms with Gasteiger partial charge in [-0.2, -0.15) is 0 Å². The van der Waals surface area contributed by atoms with Gasteiger partial charge >= 0.3 is 0 Å². The van der Waals surface area contributed by atoms with Gasteiger partial charge in [0.25, 0.3) is 0 Å². The van der Waals surface area contributed by atoms with Crippen LogP contribution in [0.3, 0.4) is 0 Å². The molecule has 0 spiro atoms. The highest BCUT2D eigenvalue weighted by Crippen LogP contribution is 2.34. The van der Waals surface area contributed by atoms with Crippen LogP contribution in [0.1, 0.15) is 18.4 Å². The number of piperidine rings is 1. The van der Waals surface area contributed by atoms with Gasteiger partial charge in [0.15, 0.2) is 11.5 Å². The average Bonchev–Trinajstić information content (AvgIpc) is 3.15. The number of nitrogens with one attached hydrogen (secondary N) is 1. The number of aliphatic hydroxyl groups excluding tert-OH is 1. The van der Waals surface area contributed by atoms with Crippen LogP contribution in [-0.4, -0.2) is 49.1 Å². The lowest BCUT2D eigenvalue weighted by Crippen LogP contribution is -2.41. The van der Waals surface area contributed by atoms with E-state index in [1.807, 2.05) is 36.4 Å². The first-order valence-corrected chi connectivity index (χ1v) is 9.52. The fraction of sp³-hybridized carbons (Fsp3) is 0.429. The lowest BCUT2D eigenvalue weighted by molar-refractivity contribution is 0.174. The van der Waals surface area contributed by atoms with Gasteiger partial charge in [0.2, 0.25) is 6.79 Å². The fourth-order valence-electron chi connectivity index (χ4n) is 3.71. The van der Waals surface area contributed by atoms with Crippen LogP contribution >= 0.6 is 0 Å². The van der Waals surface area contributed by atoms with Crippen LogP contribution in [0.5, 0.6) is 17.2 Å². The Balaban J connectivity index is 1.37. The van der Waals surface area contributed by atoms with Crippen molar-refractivity contribution in [1.82, 2.24) is 4.90 Å². The summed E-state index contributed by atoms with van der Waals surface area (Å²) in [6.45, 7) is 3.55. The Hall–Kier alpha value is -2.44. The monoisotopic (exact) mass is 370 g/mol. The predicted molar refractivity (Wildman–Crippen MR) is 104 cm³/mol. The Bertz CT molecular complexity index is 768. The SMILES string of the molecule is OCCOc1ccccc1CN1CCCC(Nc2ccc3c(c2)OCO3)C1. The topological polar surface area (TPSA) is 63.2 Å². The molecule has 144 valence electrons. The van der Waals surface area contributed by atoms with Gasteiger partial charge in [0, 0.05) is 36.4 Å². The predicted octanol–water partition coefficient (Wildman–Crippen LogP) is 2.86. The molecule has 1 unspecified atom stereocenters. The van der Waals surface area contributed by atoms with Crippen molar-refractivity contribution in [3.8, 4) is 17.2 Å². The van der Waals surface area contributed by atoms with Crippen molar-refractivity contribution in [3.63, 3.8) is 0 Å². The molecule has 1 saturated heterocycles. The van der Waals surface area contributed by atoms with E-state index in [-0.39, 0.29) is 6.61 Å². The van der Waals surface area contributed by atoms with Crippen molar-refractivity contribution >= 4 is 5.69 Å². The number of likely N-dealkylation sites (tertiary alicyclic amines) is 1. The molecule has 27 heavy (non-hydrogen) atoms. The van der Waals surface area contributed by atoms with Gasteiger partial charge in [0.1, 0.15) is 12.4 Å². The van der Waals surface area contributed by atoms with Crippen LogP contribution in [0, 0.1) is 0 Å². The number of aliphatic hydroxyl groups is 1. The number of hydrogen-bond acceptors (Lipinski definition) is 6. The summed E-state index contributed by atoms with van der Waals surface area (Å²) in [5.74, 6) is 2.48. The second-order valence-electron chi connectivity index (χ2n) is 6.97. The molecule has 0 radical (unpaired) electrons. The van der Waals surface area contributed by atoms with E-state index < -0.39 is 0 Å². The fourth-order valence-corrected chi connectivity index (χ4v) is 3.71. The van der Waals surface area contributed by atoms with Crippen molar-refractivity contribution in [2.45, 2.75) is 25.4 Å². The molecule has 2 aromatic rings. The molecule has 6 nitrogen and oxygen atoms in total. The van der Waals surface area contributed by atoms with Gasteiger partial charge in [-0.1, -0.05) is 18.2 Å². The van der Waals surface area contributed by atoms with Gasteiger partial charge in [-0.15, -0.1) is 0 Å². The zero-order valence-electron chi connectivity index (χ0n) is 15.4. The smallest absolute Gasteiger partial charge is 0.231 e. The zero-order chi connectivity index (χ0) is 18.5. The molecule has 2 aliphatic rings. The molecular weight excluding hydrogens is 344 g/mol. The number of hydrogen-bond donors (Lipinski definition) is 2. The number of ether oxygens (including phenoxy) is 3. The van der Waals surface area contributed by atoms with Crippen LogP contribution in [0.15, 0.2) is 42.5 Å². The van der Waals surface area contributed by atoms with E-state index in [0.29, 0.717) is 19.4 Å². The molecular formula is C21H26N2O4. The van der Waals surface area contributed by atoms with E-state index >= 15 is 0 Å². The summed E-state index contributed by atoms with van der Waals surface area (Å²) >= 11 is 0. The minimum atomic E-state index is 0.0274. The van der Waals surface area contributed by atoms with Crippen LogP contribution in [0.2, 0.25) is 0 Å². The van der Waals surface area contributed by atoms with Gasteiger partial charge in [0.05, 0.1) is 6.61 Å². The Morgan fingerprint density at radius 2 is 2.04 bits per heavy atom. The minimum absolute atomic E-state index is 0.0274. The molecule has 2 aromatic carbocycles. The molecule has 0 aromatic heterocycles. The quantitative estimate of drug-likeness (QED) is 0.781. The van der Waals surface area contributed by atoms with Gasteiger partial charge in [-0.3, -0.25) is 4.90 Å². The lowest BCUT2D eigenvalue weighted by Gasteiger charge is -2.34. The Kier molecular flexibility index (Phi) is 5.65. The first-order valence-electron chi connectivity index (χ1n) is 9.52. The molecule has 2 aliphatic heterocycles. The number of anilines is 1. The summed E-state index contributed by atoms with van der Waals surface area (Å²) < 4.78 is 16.5. The number of benzene rings is 2. The lowest BCUT2D eigenvalue weighted by atomic mass is 10.0. The Morgan fingerprint density at radius 1 is 1.15 bits per heavy atom. The number of nitrogens with zero attached hydrogens (tertiary/aromatic N) is 1. The highest BCUT2D eigenvalue weighted by atomic mass is 16.7. The summed E-state index contributed by atoms with van der Waals surface area (Å²) in [5.41, 5.74) is 2.23. The van der Waals surface area contributed by atoms with Gasteiger partial charge in [-0.05, 0) is 37.6 Å². The highest BCUT2D eigenvalue weighted by molar-refractivity contribution is 5.56.